The molecule has 3 aliphatic heterocycles. The smallest absolute Gasteiger partial charge is 0.272 e. The van der Waals surface area contributed by atoms with E-state index in [1.54, 1.807) is 10.9 Å². The van der Waals surface area contributed by atoms with Crippen LogP contribution in [0.2, 0.25) is 0 Å². The molecule has 0 radical (unpaired) electrons. The minimum absolute atomic E-state index is 0.110. The molecule has 0 saturated carbocycles. The molecule has 2 bridgehead atoms. The molecule has 3 aliphatic rings. The maximum atomic E-state index is 13.0. The zero-order valence-corrected chi connectivity index (χ0v) is 17.0. The average molecular weight is 388 g/mol. The van der Waals surface area contributed by atoms with E-state index in [1.807, 2.05) is 22.8 Å². The van der Waals surface area contributed by atoms with Gasteiger partial charge in [0, 0.05) is 51.4 Å². The molecule has 3 saturated heterocycles. The molecule has 0 spiro atoms. The van der Waals surface area contributed by atoms with Crippen LogP contribution >= 0.6 is 0 Å². The third-order valence-corrected chi connectivity index (χ3v) is 6.69. The summed E-state index contributed by atoms with van der Waals surface area (Å²) >= 11 is 0. The summed E-state index contributed by atoms with van der Waals surface area (Å²) in [5, 5.41) is 7.95. The highest BCUT2D eigenvalue weighted by Gasteiger charge is 2.38. The van der Waals surface area contributed by atoms with Crippen LogP contribution in [0.4, 0.5) is 0 Å². The molecule has 3 fully saturated rings. The number of aryl methyl sites for hydroxylation is 1. The van der Waals surface area contributed by atoms with Crippen LogP contribution in [0.1, 0.15) is 55.9 Å². The fourth-order valence-electron chi connectivity index (χ4n) is 5.20. The third kappa shape index (κ3) is 4.09. The minimum atomic E-state index is 0.110. The number of rotatable bonds is 6. The molecule has 1 aromatic heterocycles. The van der Waals surface area contributed by atoms with Crippen molar-refractivity contribution in [3.63, 3.8) is 0 Å². The number of fused-ring (bicyclic) bond motifs is 2. The summed E-state index contributed by atoms with van der Waals surface area (Å²) in [7, 11) is 0. The first-order valence-corrected chi connectivity index (χ1v) is 11.0. The fraction of sp³-hybridized carbons (Fsp3) is 0.762. The number of aromatic nitrogens is 2. The van der Waals surface area contributed by atoms with Gasteiger partial charge in [-0.05, 0) is 63.5 Å². The van der Waals surface area contributed by atoms with Gasteiger partial charge in [0.15, 0.2) is 0 Å². The monoisotopic (exact) mass is 387 g/mol. The molecular weight excluding hydrogens is 354 g/mol. The van der Waals surface area contributed by atoms with Gasteiger partial charge in [-0.2, -0.15) is 5.10 Å². The van der Waals surface area contributed by atoms with Gasteiger partial charge in [-0.1, -0.05) is 0 Å². The SMILES string of the molecule is CCn1nccc1C(=O)N1C[C@@H]2CN[C@H](CCCC(=O)N3CCCC3)[C@H](C2)C1. The Morgan fingerprint density at radius 1 is 1.21 bits per heavy atom. The Kier molecular flexibility index (Phi) is 5.99. The number of nitrogens with one attached hydrogen (secondary N) is 1. The Balaban J connectivity index is 1.31. The number of likely N-dealkylation sites (tertiary alicyclic amines) is 2. The number of nitrogens with zero attached hydrogens (tertiary/aromatic N) is 4. The number of carbonyl (C=O) groups is 2. The Morgan fingerprint density at radius 3 is 2.82 bits per heavy atom. The van der Waals surface area contributed by atoms with Crippen molar-refractivity contribution >= 4 is 11.8 Å². The highest BCUT2D eigenvalue weighted by Crippen LogP contribution is 2.31. The lowest BCUT2D eigenvalue weighted by Crippen LogP contribution is -2.57. The highest BCUT2D eigenvalue weighted by atomic mass is 16.2. The van der Waals surface area contributed by atoms with E-state index in [-0.39, 0.29) is 5.91 Å². The van der Waals surface area contributed by atoms with E-state index >= 15 is 0 Å². The third-order valence-electron chi connectivity index (χ3n) is 6.69. The van der Waals surface area contributed by atoms with Gasteiger partial charge in [0.2, 0.25) is 5.91 Å². The molecule has 0 aromatic carbocycles. The van der Waals surface area contributed by atoms with Crippen LogP contribution in [-0.2, 0) is 11.3 Å². The zero-order chi connectivity index (χ0) is 19.5. The maximum Gasteiger partial charge on any atom is 0.272 e. The first-order valence-electron chi connectivity index (χ1n) is 11.0. The van der Waals surface area contributed by atoms with Crippen molar-refractivity contribution in [1.82, 2.24) is 24.9 Å². The molecular formula is C21H33N5O2. The summed E-state index contributed by atoms with van der Waals surface area (Å²) in [5.41, 5.74) is 0.697. The van der Waals surface area contributed by atoms with Gasteiger partial charge >= 0.3 is 0 Å². The number of piperidine rings is 2. The van der Waals surface area contributed by atoms with Crippen LogP contribution in [-0.4, -0.2) is 70.2 Å². The second-order valence-electron chi connectivity index (χ2n) is 8.60. The van der Waals surface area contributed by atoms with Gasteiger partial charge in [-0.15, -0.1) is 0 Å². The molecule has 7 nitrogen and oxygen atoms in total. The topological polar surface area (TPSA) is 70.5 Å². The summed E-state index contributed by atoms with van der Waals surface area (Å²) in [4.78, 5) is 29.4. The Morgan fingerprint density at radius 2 is 2.04 bits per heavy atom. The Hall–Kier alpha value is -1.89. The minimum Gasteiger partial charge on any atom is -0.343 e. The summed E-state index contributed by atoms with van der Waals surface area (Å²) < 4.78 is 1.78. The quantitative estimate of drug-likeness (QED) is 0.807. The standard InChI is InChI=1S/C21H33N5O2/c1-2-26-19(8-9-23-26)21(28)25-14-16-12-17(15-25)18(22-13-16)6-5-7-20(27)24-10-3-4-11-24/h8-9,16-18,22H,2-7,10-15H2,1H3/t16-,17+,18+/m0/s1. The van der Waals surface area contributed by atoms with Crippen LogP contribution in [0, 0.1) is 11.8 Å². The van der Waals surface area contributed by atoms with Gasteiger partial charge < -0.3 is 15.1 Å². The Bertz CT molecular complexity index is 697. The van der Waals surface area contributed by atoms with E-state index < -0.39 is 0 Å². The van der Waals surface area contributed by atoms with Crippen LogP contribution < -0.4 is 5.32 Å². The summed E-state index contributed by atoms with van der Waals surface area (Å²) in [6, 6.07) is 2.24. The van der Waals surface area contributed by atoms with Crippen molar-refractivity contribution in [1.29, 1.82) is 0 Å². The first-order chi connectivity index (χ1) is 13.7. The van der Waals surface area contributed by atoms with Crippen molar-refractivity contribution in [3.05, 3.63) is 18.0 Å². The van der Waals surface area contributed by atoms with E-state index in [9.17, 15) is 9.59 Å². The van der Waals surface area contributed by atoms with Crippen molar-refractivity contribution in [3.8, 4) is 0 Å². The first kappa shape index (κ1) is 19.4. The van der Waals surface area contributed by atoms with E-state index in [1.165, 1.54) is 6.42 Å². The van der Waals surface area contributed by atoms with E-state index in [0.29, 0.717) is 42.4 Å². The predicted molar refractivity (Wildman–Crippen MR) is 107 cm³/mol. The van der Waals surface area contributed by atoms with Crippen LogP contribution in [0.3, 0.4) is 0 Å². The van der Waals surface area contributed by atoms with Gasteiger partial charge in [0.25, 0.3) is 5.91 Å². The van der Waals surface area contributed by atoms with Gasteiger partial charge in [0.1, 0.15) is 5.69 Å². The van der Waals surface area contributed by atoms with Crippen molar-refractivity contribution in [2.75, 3.05) is 32.7 Å². The number of hydrogen-bond donors (Lipinski definition) is 1. The Labute approximate surface area is 167 Å². The summed E-state index contributed by atoms with van der Waals surface area (Å²) in [5.74, 6) is 1.44. The molecule has 4 rings (SSSR count). The second kappa shape index (κ2) is 8.64. The number of carbonyl (C=O) groups excluding carboxylic acids is 2. The van der Waals surface area contributed by atoms with Gasteiger partial charge in [-0.3, -0.25) is 14.3 Å². The normalized spacial score (nSPS) is 27.2. The van der Waals surface area contributed by atoms with E-state index in [4.69, 9.17) is 0 Å². The predicted octanol–water partition coefficient (Wildman–Crippen LogP) is 1.75. The maximum absolute atomic E-state index is 13.0. The number of hydrogen-bond acceptors (Lipinski definition) is 4. The number of amides is 2. The lowest BCUT2D eigenvalue weighted by Gasteiger charge is -2.46. The molecule has 0 aliphatic carbocycles. The molecule has 0 unspecified atom stereocenters. The zero-order valence-electron chi connectivity index (χ0n) is 17.0. The lowest BCUT2D eigenvalue weighted by atomic mass is 9.79. The largest absolute Gasteiger partial charge is 0.343 e. The lowest BCUT2D eigenvalue weighted by molar-refractivity contribution is -0.130. The van der Waals surface area contributed by atoms with Crippen molar-refractivity contribution in [2.45, 2.75) is 58.0 Å². The van der Waals surface area contributed by atoms with Gasteiger partial charge in [-0.25, -0.2) is 0 Å². The summed E-state index contributed by atoms with van der Waals surface area (Å²) in [6.07, 6.45) is 7.82. The molecule has 4 heterocycles. The highest BCUT2D eigenvalue weighted by molar-refractivity contribution is 5.92. The molecule has 3 atom stereocenters. The van der Waals surface area contributed by atoms with Crippen molar-refractivity contribution in [2.24, 2.45) is 11.8 Å². The fourth-order valence-corrected chi connectivity index (χ4v) is 5.20. The van der Waals surface area contributed by atoms with Crippen LogP contribution in [0.15, 0.2) is 12.3 Å². The van der Waals surface area contributed by atoms with Crippen LogP contribution in [0.25, 0.3) is 0 Å². The average Bonchev–Trinajstić information content (AvgIpc) is 3.40. The van der Waals surface area contributed by atoms with Crippen LogP contribution in [0.5, 0.6) is 0 Å². The van der Waals surface area contributed by atoms with E-state index in [0.717, 1.165) is 58.4 Å². The second-order valence-corrected chi connectivity index (χ2v) is 8.60. The molecule has 28 heavy (non-hydrogen) atoms. The molecule has 2 amide bonds. The molecule has 154 valence electrons. The molecule has 1 N–H and O–H groups in total. The molecule has 1 aromatic rings. The van der Waals surface area contributed by atoms with E-state index in [2.05, 4.69) is 10.4 Å². The van der Waals surface area contributed by atoms with Gasteiger partial charge in [0.05, 0.1) is 0 Å². The van der Waals surface area contributed by atoms with Crippen molar-refractivity contribution < 1.29 is 9.59 Å². The molecule has 7 heteroatoms. The summed E-state index contributed by atoms with van der Waals surface area (Å²) in [6.45, 7) is 7.21.